The van der Waals surface area contributed by atoms with E-state index in [4.69, 9.17) is 10.9 Å². The summed E-state index contributed by atoms with van der Waals surface area (Å²) in [5, 5.41) is 10.9. The minimum absolute atomic E-state index is 0.0373. The molecule has 0 spiro atoms. The molecule has 0 aliphatic carbocycles. The van der Waals surface area contributed by atoms with Crippen LogP contribution in [-0.2, 0) is 0 Å². The maximum absolute atomic E-state index is 12.3. The molecule has 0 unspecified atom stereocenters. The van der Waals surface area contributed by atoms with Gasteiger partial charge >= 0.3 is 18.4 Å². The summed E-state index contributed by atoms with van der Waals surface area (Å²) in [5.41, 5.74) is 4.72. The van der Waals surface area contributed by atoms with Crippen molar-refractivity contribution in [3.63, 3.8) is 0 Å². The summed E-state index contributed by atoms with van der Waals surface area (Å²) in [6.07, 6.45) is -15.5. The Hall–Kier alpha value is -2.27. The second-order valence-corrected chi connectivity index (χ2v) is 3.74. The summed E-state index contributed by atoms with van der Waals surface area (Å²) in [6.45, 7) is 1.25. The van der Waals surface area contributed by atoms with Crippen LogP contribution >= 0.6 is 0 Å². The molecule has 1 aromatic heterocycles. The Bertz CT molecular complexity index is 528. The minimum Gasteiger partial charge on any atom is -0.440 e. The molecule has 0 aromatic carbocycles. The summed E-state index contributed by atoms with van der Waals surface area (Å²) in [7, 11) is 0. The first-order valence-electron chi connectivity index (χ1n) is 5.09. The van der Waals surface area contributed by atoms with Gasteiger partial charge in [-0.15, -0.1) is 0 Å². The smallest absolute Gasteiger partial charge is 0.434 e. The fourth-order valence-corrected chi connectivity index (χ4v) is 1.20. The molecular formula is C9H8F6N4O2. The highest BCUT2D eigenvalue weighted by Gasteiger charge is 2.59. The molecule has 0 fully saturated rings. The van der Waals surface area contributed by atoms with Crippen molar-refractivity contribution in [3.8, 4) is 6.01 Å². The molecule has 1 rings (SSSR count). The molecule has 0 bridgehead atoms. The van der Waals surface area contributed by atoms with Crippen molar-refractivity contribution >= 4 is 5.84 Å². The van der Waals surface area contributed by atoms with E-state index < -0.39 is 30.3 Å². The van der Waals surface area contributed by atoms with Gasteiger partial charge in [0.05, 0.1) is 0 Å². The first-order valence-corrected chi connectivity index (χ1v) is 5.09. The zero-order chi connectivity index (χ0) is 16.4. The number of nitrogens with zero attached hydrogens (tertiary/aromatic N) is 3. The third-order valence-electron chi connectivity index (χ3n) is 2.02. The molecular weight excluding hydrogens is 310 g/mol. The van der Waals surface area contributed by atoms with Gasteiger partial charge in [-0.05, 0) is 13.0 Å². The molecule has 1 heterocycles. The van der Waals surface area contributed by atoms with Crippen LogP contribution < -0.4 is 10.5 Å². The number of nitrogens with two attached hydrogens (primary N) is 1. The van der Waals surface area contributed by atoms with Crippen LogP contribution in [0.5, 0.6) is 6.01 Å². The number of hydrogen-bond acceptors (Lipinski definition) is 5. The van der Waals surface area contributed by atoms with Gasteiger partial charge in [-0.25, -0.2) is 4.98 Å². The molecule has 0 saturated carbocycles. The van der Waals surface area contributed by atoms with Crippen molar-refractivity contribution < 1.29 is 36.3 Å². The van der Waals surface area contributed by atoms with Gasteiger partial charge in [0.25, 0.3) is 6.10 Å². The van der Waals surface area contributed by atoms with Gasteiger partial charge in [0.2, 0.25) is 0 Å². The lowest BCUT2D eigenvalue weighted by molar-refractivity contribution is -0.301. The average molecular weight is 318 g/mol. The van der Waals surface area contributed by atoms with Crippen molar-refractivity contribution in [1.82, 2.24) is 9.97 Å². The first-order chi connectivity index (χ1) is 9.45. The molecule has 6 nitrogen and oxygen atoms in total. The molecule has 21 heavy (non-hydrogen) atoms. The van der Waals surface area contributed by atoms with Gasteiger partial charge in [0.1, 0.15) is 5.69 Å². The summed E-state index contributed by atoms with van der Waals surface area (Å²) in [4.78, 5) is 6.51. The van der Waals surface area contributed by atoms with Crippen LogP contribution in [-0.4, -0.2) is 39.5 Å². The van der Waals surface area contributed by atoms with E-state index >= 15 is 0 Å². The van der Waals surface area contributed by atoms with Gasteiger partial charge in [-0.1, -0.05) is 5.16 Å². The highest BCUT2D eigenvalue weighted by atomic mass is 19.4. The first kappa shape index (κ1) is 16.8. The fraction of sp³-hybridized carbons (Fsp3) is 0.444. The Morgan fingerprint density at radius 1 is 1.24 bits per heavy atom. The third-order valence-corrected chi connectivity index (χ3v) is 2.02. The summed E-state index contributed by atoms with van der Waals surface area (Å²) in [5.74, 6) is -0.624. The maximum atomic E-state index is 12.3. The maximum Gasteiger partial charge on any atom is 0.434 e. The van der Waals surface area contributed by atoms with Crippen LogP contribution in [0, 0.1) is 6.92 Å². The Morgan fingerprint density at radius 3 is 2.19 bits per heavy atom. The number of amidine groups is 1. The fourth-order valence-electron chi connectivity index (χ4n) is 1.20. The summed E-state index contributed by atoms with van der Waals surface area (Å²) in [6, 6.07) is -0.116. The van der Waals surface area contributed by atoms with E-state index in [1.165, 1.54) is 6.92 Å². The Labute approximate surface area is 113 Å². The second-order valence-electron chi connectivity index (χ2n) is 3.74. The van der Waals surface area contributed by atoms with Crippen LogP contribution in [0.25, 0.3) is 0 Å². The molecule has 12 heteroatoms. The average Bonchev–Trinajstić information content (AvgIpc) is 2.31. The van der Waals surface area contributed by atoms with Crippen molar-refractivity contribution in [2.75, 3.05) is 0 Å². The number of hydrogen-bond donors (Lipinski definition) is 2. The zero-order valence-electron chi connectivity index (χ0n) is 10.2. The highest BCUT2D eigenvalue weighted by molar-refractivity contribution is 5.95. The van der Waals surface area contributed by atoms with E-state index in [1.54, 1.807) is 0 Å². The van der Waals surface area contributed by atoms with E-state index in [0.717, 1.165) is 6.07 Å². The number of rotatable bonds is 3. The Balaban J connectivity index is 3.19. The van der Waals surface area contributed by atoms with Crippen molar-refractivity contribution in [2.24, 2.45) is 10.9 Å². The van der Waals surface area contributed by atoms with E-state index in [1.807, 2.05) is 0 Å². The van der Waals surface area contributed by atoms with Crippen LogP contribution in [0.4, 0.5) is 26.3 Å². The second kappa shape index (κ2) is 5.61. The van der Waals surface area contributed by atoms with Gasteiger partial charge in [-0.2, -0.15) is 31.3 Å². The number of aryl methyl sites for hydroxylation is 1. The highest BCUT2D eigenvalue weighted by Crippen LogP contribution is 2.35. The van der Waals surface area contributed by atoms with E-state index in [-0.39, 0.29) is 11.4 Å². The largest absolute Gasteiger partial charge is 0.440 e. The number of ether oxygens (including phenoxy) is 1. The van der Waals surface area contributed by atoms with Crippen LogP contribution in [0.2, 0.25) is 0 Å². The number of aromatic nitrogens is 2. The van der Waals surface area contributed by atoms with E-state index in [0.29, 0.717) is 0 Å². The molecule has 118 valence electrons. The van der Waals surface area contributed by atoms with E-state index in [2.05, 4.69) is 19.9 Å². The number of oxime groups is 1. The van der Waals surface area contributed by atoms with Gasteiger partial charge in [0, 0.05) is 5.69 Å². The van der Waals surface area contributed by atoms with Crippen molar-refractivity contribution in [2.45, 2.75) is 25.4 Å². The van der Waals surface area contributed by atoms with Crippen molar-refractivity contribution in [3.05, 3.63) is 17.5 Å². The molecule has 0 aliphatic rings. The number of alkyl halides is 6. The number of halogens is 6. The summed E-state index contributed by atoms with van der Waals surface area (Å²) >= 11 is 0. The topological polar surface area (TPSA) is 93.6 Å². The molecule has 0 saturated heterocycles. The molecule has 0 amide bonds. The van der Waals surface area contributed by atoms with Gasteiger partial charge in [-0.3, -0.25) is 0 Å². The predicted octanol–water partition coefficient (Wildman–Crippen LogP) is 1.75. The SMILES string of the molecule is Cc1cc(/C(N)=N/O)nc(OC(C(F)(F)F)C(F)(F)F)n1. The summed E-state index contributed by atoms with van der Waals surface area (Å²) < 4.78 is 77.8. The zero-order valence-corrected chi connectivity index (χ0v) is 10.2. The monoisotopic (exact) mass is 318 g/mol. The minimum atomic E-state index is -5.71. The molecule has 1 aromatic rings. The Kier molecular flexibility index (Phi) is 4.49. The third kappa shape index (κ3) is 4.36. The molecule has 0 atom stereocenters. The van der Waals surface area contributed by atoms with E-state index in [9.17, 15) is 26.3 Å². The molecule has 3 N–H and O–H groups in total. The lowest BCUT2D eigenvalue weighted by Crippen LogP contribution is -2.47. The van der Waals surface area contributed by atoms with Crippen LogP contribution in [0.3, 0.4) is 0 Å². The van der Waals surface area contributed by atoms with Crippen LogP contribution in [0.1, 0.15) is 11.4 Å². The molecule has 0 radical (unpaired) electrons. The normalized spacial score (nSPS) is 13.6. The predicted molar refractivity (Wildman–Crippen MR) is 55.8 cm³/mol. The van der Waals surface area contributed by atoms with Gasteiger partial charge in [0.15, 0.2) is 5.84 Å². The van der Waals surface area contributed by atoms with Crippen LogP contribution in [0.15, 0.2) is 11.2 Å². The standard InChI is InChI=1S/C9H8F6N4O2/c1-3-2-4(5(16)19-20)18-7(17-3)21-6(8(10,11)12)9(13,14)15/h2,6,20H,1H3,(H2,16,19). The lowest BCUT2D eigenvalue weighted by atomic mass is 10.3. The molecule has 0 aliphatic heterocycles. The lowest BCUT2D eigenvalue weighted by Gasteiger charge is -2.22. The quantitative estimate of drug-likeness (QED) is 0.291. The van der Waals surface area contributed by atoms with Crippen molar-refractivity contribution in [1.29, 1.82) is 0 Å². The Morgan fingerprint density at radius 2 is 1.76 bits per heavy atom. The van der Waals surface area contributed by atoms with Gasteiger partial charge < -0.3 is 15.7 Å².